The molecule has 0 spiro atoms. The molecule has 1 N–H and O–H groups in total. The van der Waals surface area contributed by atoms with Gasteiger partial charge in [-0.15, -0.1) is 0 Å². The predicted molar refractivity (Wildman–Crippen MR) is 113 cm³/mol. The first kappa shape index (κ1) is 20.1. The molecule has 7 nitrogen and oxygen atoms in total. The zero-order valence-corrected chi connectivity index (χ0v) is 18.3. The number of rotatable bonds is 6. The number of hydrogen-bond acceptors (Lipinski definition) is 5. The number of hydrogen-bond donors (Lipinski definition) is 1. The Morgan fingerprint density at radius 1 is 1.31 bits per heavy atom. The van der Waals surface area contributed by atoms with Crippen LogP contribution in [-0.4, -0.2) is 45.6 Å². The number of nitrogens with zero attached hydrogens (tertiary/aromatic N) is 4. The molecule has 0 radical (unpaired) electrons. The zero-order valence-electron chi connectivity index (χ0n) is 17.5. The fourth-order valence-electron chi connectivity index (χ4n) is 4.21. The number of likely N-dealkylation sites (tertiary alicyclic amines) is 1. The number of aromatic nitrogens is 4. The topological polar surface area (TPSA) is 83.9 Å². The first-order valence-electron chi connectivity index (χ1n) is 10.2. The van der Waals surface area contributed by atoms with Gasteiger partial charge in [-0.1, -0.05) is 19.9 Å². The van der Waals surface area contributed by atoms with Crippen LogP contribution in [0.2, 0.25) is 0 Å². The molecule has 0 saturated carbocycles. The maximum absolute atomic E-state index is 12.2. The monoisotopic (exact) mass is 415 g/mol. The highest BCUT2D eigenvalue weighted by Crippen LogP contribution is 2.33. The average Bonchev–Trinajstić information content (AvgIpc) is 3.32. The lowest BCUT2D eigenvalue weighted by Crippen LogP contribution is -2.26. The molecule has 1 aromatic carbocycles. The molecule has 0 bridgehead atoms. The fraction of sp³-hybridized carbons (Fsp3) is 0.524. The molecular formula is C21H29N5O2S. The summed E-state index contributed by atoms with van der Waals surface area (Å²) in [5.41, 5.74) is 4.21. The smallest absolute Gasteiger partial charge is 0.227 e. The fourth-order valence-corrected chi connectivity index (χ4v) is 5.04. The molecule has 0 aliphatic carbocycles. The summed E-state index contributed by atoms with van der Waals surface area (Å²) < 4.78 is 26.2. The van der Waals surface area contributed by atoms with Crippen LogP contribution < -0.4 is 0 Å². The normalized spacial score (nSPS) is 18.3. The first-order valence-corrected chi connectivity index (χ1v) is 12.1. The van der Waals surface area contributed by atoms with Gasteiger partial charge in [0, 0.05) is 19.3 Å². The number of fused-ring (bicyclic) bond motifs is 1. The third-order valence-corrected chi connectivity index (χ3v) is 6.47. The second-order valence-corrected chi connectivity index (χ2v) is 10.5. The summed E-state index contributed by atoms with van der Waals surface area (Å²) in [5.74, 6) is 1.32. The van der Waals surface area contributed by atoms with E-state index in [-0.39, 0.29) is 11.2 Å². The van der Waals surface area contributed by atoms with Crippen molar-refractivity contribution in [2.75, 3.05) is 12.8 Å². The summed E-state index contributed by atoms with van der Waals surface area (Å²) in [6.45, 7) is 8.52. The van der Waals surface area contributed by atoms with Gasteiger partial charge in [0.25, 0.3) is 0 Å². The van der Waals surface area contributed by atoms with Gasteiger partial charge in [0.05, 0.1) is 29.0 Å². The van der Waals surface area contributed by atoms with Crippen molar-refractivity contribution in [3.05, 3.63) is 41.5 Å². The Labute approximate surface area is 172 Å². The number of sulfone groups is 1. The van der Waals surface area contributed by atoms with Crippen molar-refractivity contribution in [2.45, 2.75) is 57.9 Å². The largest absolute Gasteiger partial charge is 0.341 e. The van der Waals surface area contributed by atoms with Crippen LogP contribution in [-0.2, 0) is 22.9 Å². The summed E-state index contributed by atoms with van der Waals surface area (Å²) in [5, 5.41) is 0.163. The van der Waals surface area contributed by atoms with E-state index in [1.54, 1.807) is 6.20 Å². The van der Waals surface area contributed by atoms with Gasteiger partial charge in [-0.2, -0.15) is 0 Å². The van der Waals surface area contributed by atoms with Gasteiger partial charge in [0.1, 0.15) is 5.82 Å². The minimum absolute atomic E-state index is 0.163. The van der Waals surface area contributed by atoms with Crippen LogP contribution in [0.5, 0.6) is 0 Å². The number of imidazole rings is 2. The first-order chi connectivity index (χ1) is 13.7. The molecule has 1 unspecified atom stereocenters. The molecule has 1 saturated heterocycles. The number of benzene rings is 1. The molecule has 156 valence electrons. The maximum Gasteiger partial charge on any atom is 0.227 e. The van der Waals surface area contributed by atoms with E-state index >= 15 is 0 Å². The van der Waals surface area contributed by atoms with E-state index in [0.29, 0.717) is 19.0 Å². The van der Waals surface area contributed by atoms with E-state index in [1.807, 2.05) is 4.57 Å². The summed E-state index contributed by atoms with van der Waals surface area (Å²) in [7, 11) is -3.36. The minimum atomic E-state index is -3.36. The quantitative estimate of drug-likeness (QED) is 0.666. The zero-order chi connectivity index (χ0) is 20.8. The number of H-pyrrole nitrogens is 1. The number of aromatic amines is 1. The van der Waals surface area contributed by atoms with Crippen molar-refractivity contribution in [2.24, 2.45) is 5.92 Å². The molecule has 8 heteroatoms. The van der Waals surface area contributed by atoms with Crippen molar-refractivity contribution in [1.29, 1.82) is 0 Å². The van der Waals surface area contributed by atoms with Crippen molar-refractivity contribution < 1.29 is 8.42 Å². The summed E-state index contributed by atoms with van der Waals surface area (Å²) in [4.78, 5) is 15.0. The van der Waals surface area contributed by atoms with Crippen molar-refractivity contribution in [3.8, 4) is 0 Å². The summed E-state index contributed by atoms with van der Waals surface area (Å²) >= 11 is 0. The van der Waals surface area contributed by atoms with Crippen LogP contribution >= 0.6 is 0 Å². The second kappa shape index (κ2) is 7.57. The standard InChI is InChI=1S/C21H29N5O2S/c1-14(2)12-26-16(11-22-21(26)29(4,27)28)13-25-9-5-6-19(25)20-23-17-8-7-15(3)10-18(17)24-20/h7-8,10-11,14,19H,5-6,9,12-13H2,1-4H3,(H,23,24). The lowest BCUT2D eigenvalue weighted by Gasteiger charge is -2.24. The average molecular weight is 416 g/mol. The van der Waals surface area contributed by atoms with Crippen LogP contribution in [0.3, 0.4) is 0 Å². The van der Waals surface area contributed by atoms with Gasteiger partial charge in [0.2, 0.25) is 15.0 Å². The molecular weight excluding hydrogens is 386 g/mol. The van der Waals surface area contributed by atoms with Gasteiger partial charge in [0.15, 0.2) is 0 Å². The van der Waals surface area contributed by atoms with Gasteiger partial charge in [-0.3, -0.25) is 4.90 Å². The SMILES string of the molecule is Cc1ccc2nc(C3CCCN3Cc3cnc(S(C)(=O)=O)n3CC(C)C)[nH]c2c1. The lowest BCUT2D eigenvalue weighted by atomic mass is 10.2. The molecule has 3 heterocycles. The highest BCUT2D eigenvalue weighted by molar-refractivity contribution is 7.90. The van der Waals surface area contributed by atoms with E-state index in [2.05, 4.69) is 53.8 Å². The molecule has 2 aromatic heterocycles. The number of nitrogens with one attached hydrogen (secondary N) is 1. The molecule has 29 heavy (non-hydrogen) atoms. The van der Waals surface area contributed by atoms with Crippen LogP contribution in [0.4, 0.5) is 0 Å². The van der Waals surface area contributed by atoms with Gasteiger partial charge in [-0.05, 0) is 49.9 Å². The molecule has 1 atom stereocenters. The van der Waals surface area contributed by atoms with Crippen LogP contribution in [0.15, 0.2) is 29.6 Å². The minimum Gasteiger partial charge on any atom is -0.341 e. The summed E-state index contributed by atoms with van der Waals surface area (Å²) in [6, 6.07) is 6.46. The van der Waals surface area contributed by atoms with Gasteiger partial charge >= 0.3 is 0 Å². The Morgan fingerprint density at radius 3 is 2.83 bits per heavy atom. The van der Waals surface area contributed by atoms with E-state index in [1.165, 1.54) is 11.8 Å². The molecule has 1 aliphatic rings. The Kier molecular flexibility index (Phi) is 5.25. The van der Waals surface area contributed by atoms with E-state index in [0.717, 1.165) is 41.9 Å². The molecule has 3 aromatic rings. The molecule has 1 aliphatic heterocycles. The van der Waals surface area contributed by atoms with E-state index in [9.17, 15) is 8.42 Å². The van der Waals surface area contributed by atoms with E-state index < -0.39 is 9.84 Å². The Morgan fingerprint density at radius 2 is 2.10 bits per heavy atom. The van der Waals surface area contributed by atoms with Gasteiger partial charge in [-0.25, -0.2) is 18.4 Å². The van der Waals surface area contributed by atoms with Crippen molar-refractivity contribution >= 4 is 20.9 Å². The molecule has 4 rings (SSSR count). The van der Waals surface area contributed by atoms with E-state index in [4.69, 9.17) is 4.98 Å². The summed E-state index contributed by atoms with van der Waals surface area (Å²) in [6.07, 6.45) is 5.08. The highest BCUT2D eigenvalue weighted by Gasteiger charge is 2.30. The third-order valence-electron chi connectivity index (χ3n) is 5.48. The van der Waals surface area contributed by atoms with Gasteiger partial charge < -0.3 is 9.55 Å². The maximum atomic E-state index is 12.2. The Hall–Kier alpha value is -2.19. The van der Waals surface area contributed by atoms with Crippen LogP contribution in [0.1, 0.15) is 49.8 Å². The lowest BCUT2D eigenvalue weighted by molar-refractivity contribution is 0.233. The van der Waals surface area contributed by atoms with Crippen LogP contribution in [0, 0.1) is 12.8 Å². The van der Waals surface area contributed by atoms with Crippen molar-refractivity contribution in [3.63, 3.8) is 0 Å². The van der Waals surface area contributed by atoms with Crippen LogP contribution in [0.25, 0.3) is 11.0 Å². The number of aryl methyl sites for hydroxylation is 1. The molecule has 0 amide bonds. The third kappa shape index (κ3) is 4.09. The molecule has 1 fully saturated rings. The highest BCUT2D eigenvalue weighted by atomic mass is 32.2. The van der Waals surface area contributed by atoms with Crippen molar-refractivity contribution in [1.82, 2.24) is 24.4 Å². The Bertz CT molecular complexity index is 1130. The Balaban J connectivity index is 1.64. The second-order valence-electron chi connectivity index (χ2n) is 8.58. The predicted octanol–water partition coefficient (Wildman–Crippen LogP) is 3.46.